The number of halogens is 3. The smallest absolute Gasteiger partial charge is 0.346 e. The number of hydrogen-bond acceptors (Lipinski definition) is 2. The van der Waals surface area contributed by atoms with Crippen LogP contribution >= 0.6 is 0 Å². The van der Waals surface area contributed by atoms with E-state index in [1.54, 1.807) is 61.9 Å². The number of aromatic amines is 1. The molecule has 172 valence electrons. The second kappa shape index (κ2) is 8.26. The van der Waals surface area contributed by atoms with Crippen molar-refractivity contribution in [3.63, 3.8) is 0 Å². The molecule has 9 heteroatoms. The predicted molar refractivity (Wildman–Crippen MR) is 126 cm³/mol. The van der Waals surface area contributed by atoms with Gasteiger partial charge in [0.1, 0.15) is 5.65 Å². The van der Waals surface area contributed by atoms with Crippen molar-refractivity contribution in [2.75, 3.05) is 10.6 Å². The highest BCUT2D eigenvalue weighted by atomic mass is 19.4. The second-order valence-corrected chi connectivity index (χ2v) is 7.76. The molecule has 3 aromatic heterocycles. The Morgan fingerprint density at radius 3 is 2.74 bits per heavy atom. The van der Waals surface area contributed by atoms with Crippen LogP contribution in [0.15, 0.2) is 73.2 Å². The minimum atomic E-state index is -4.63. The molecular weight excluding hydrogens is 443 g/mol. The average Bonchev–Trinajstić information content (AvgIpc) is 3.44. The number of alkyl halides is 3. The first kappa shape index (κ1) is 19.2. The molecule has 5 rings (SSSR count). The molecule has 3 heterocycles. The fourth-order valence-corrected chi connectivity index (χ4v) is 3.84. The number of H-pyrrole nitrogens is 1. The van der Waals surface area contributed by atoms with Gasteiger partial charge in [0.05, 0.1) is 25.2 Å². The Kier molecular flexibility index (Phi) is 4.67. The maximum atomic E-state index is 13.4. The maximum Gasteiger partial charge on any atom is 0.418 e. The second-order valence-electron chi connectivity index (χ2n) is 7.76. The lowest BCUT2D eigenvalue weighted by Crippen LogP contribution is -2.22. The van der Waals surface area contributed by atoms with Crippen molar-refractivity contribution in [1.29, 1.82) is 0 Å². The summed E-state index contributed by atoms with van der Waals surface area (Å²) in [6, 6.07) is 12.7. The largest absolute Gasteiger partial charge is 0.418 e. The van der Waals surface area contributed by atoms with Crippen LogP contribution in [0.1, 0.15) is 19.4 Å². The summed E-state index contributed by atoms with van der Waals surface area (Å²) < 4.78 is 59.3. The van der Waals surface area contributed by atoms with Gasteiger partial charge in [-0.05, 0) is 60.5 Å². The molecule has 0 fully saturated rings. The van der Waals surface area contributed by atoms with E-state index in [1.165, 1.54) is 16.7 Å². The number of hydrogen-bond donors (Lipinski definition) is 3. The third kappa shape index (κ3) is 4.07. The Labute approximate surface area is 195 Å². The number of amides is 2. The standard InChI is InChI=1S/C25H20F3N5O/c1-15-7-8-19(25(26,27)28)21(12-15)32-24(34)31-20-5-2-6-22-18(20)9-11-33(22)14-16-13-30-23-17(16)4-3-10-29-23/h2-13H,14H2,1H3,(H,29,30)(H2,31,32,34)/i14D2. The van der Waals surface area contributed by atoms with Crippen LogP contribution in [0.25, 0.3) is 21.9 Å². The van der Waals surface area contributed by atoms with Crippen molar-refractivity contribution >= 4 is 39.3 Å². The summed E-state index contributed by atoms with van der Waals surface area (Å²) in [5.41, 5.74) is 1.01. The zero-order chi connectivity index (χ0) is 25.7. The van der Waals surface area contributed by atoms with Gasteiger partial charge in [0, 0.05) is 35.9 Å². The van der Waals surface area contributed by atoms with E-state index in [-0.39, 0.29) is 5.69 Å². The summed E-state index contributed by atoms with van der Waals surface area (Å²) in [4.78, 5) is 19.9. The van der Waals surface area contributed by atoms with E-state index in [9.17, 15) is 18.0 Å². The number of carbonyl (C=O) groups is 1. The van der Waals surface area contributed by atoms with Crippen LogP contribution in [0.3, 0.4) is 0 Å². The van der Waals surface area contributed by atoms with Gasteiger partial charge in [0.2, 0.25) is 0 Å². The van der Waals surface area contributed by atoms with Crippen molar-refractivity contribution < 1.29 is 20.7 Å². The van der Waals surface area contributed by atoms with Crippen LogP contribution in [0, 0.1) is 6.92 Å². The third-order valence-electron chi connectivity index (χ3n) is 5.40. The number of benzene rings is 2. The molecular formula is C25H20F3N5O. The number of urea groups is 1. The monoisotopic (exact) mass is 465 g/mol. The van der Waals surface area contributed by atoms with E-state index in [4.69, 9.17) is 2.74 Å². The van der Waals surface area contributed by atoms with E-state index in [0.29, 0.717) is 38.8 Å². The van der Waals surface area contributed by atoms with Gasteiger partial charge < -0.3 is 20.2 Å². The fourth-order valence-electron chi connectivity index (χ4n) is 3.84. The Morgan fingerprint density at radius 2 is 1.91 bits per heavy atom. The molecule has 2 aromatic carbocycles. The van der Waals surface area contributed by atoms with Gasteiger partial charge in [0.25, 0.3) is 0 Å². The summed E-state index contributed by atoms with van der Waals surface area (Å²) >= 11 is 0. The SMILES string of the molecule is [2H]C([2H])(c1c[nH]c2ncccc12)n1ccc2c(NC(=O)Nc3cc(C)ccc3C(F)(F)F)cccc21. The van der Waals surface area contributed by atoms with Crippen LogP contribution in [0.5, 0.6) is 0 Å². The Balaban J connectivity index is 1.47. The van der Waals surface area contributed by atoms with E-state index >= 15 is 0 Å². The lowest BCUT2D eigenvalue weighted by atomic mass is 10.1. The van der Waals surface area contributed by atoms with Crippen LogP contribution < -0.4 is 10.6 Å². The molecule has 34 heavy (non-hydrogen) atoms. The summed E-state index contributed by atoms with van der Waals surface area (Å²) in [6.07, 6.45) is 0.113. The predicted octanol–water partition coefficient (Wildman–Crippen LogP) is 6.54. The minimum absolute atomic E-state index is 0.321. The number of nitrogens with zero attached hydrogens (tertiary/aromatic N) is 2. The molecule has 0 radical (unpaired) electrons. The van der Waals surface area contributed by atoms with Gasteiger partial charge in [-0.1, -0.05) is 12.1 Å². The van der Waals surface area contributed by atoms with Gasteiger partial charge in [-0.15, -0.1) is 0 Å². The first-order valence-electron chi connectivity index (χ1n) is 11.3. The van der Waals surface area contributed by atoms with Crippen LogP contribution in [0.4, 0.5) is 29.3 Å². The van der Waals surface area contributed by atoms with E-state index in [1.807, 2.05) is 0 Å². The summed E-state index contributed by atoms with van der Waals surface area (Å²) in [6.45, 7) is -0.336. The van der Waals surface area contributed by atoms with Crippen molar-refractivity contribution in [3.8, 4) is 0 Å². The maximum absolute atomic E-state index is 13.4. The van der Waals surface area contributed by atoms with Crippen LogP contribution in [-0.4, -0.2) is 20.6 Å². The number of fused-ring (bicyclic) bond motifs is 2. The molecule has 0 unspecified atom stereocenters. The number of anilines is 2. The Morgan fingerprint density at radius 1 is 1.09 bits per heavy atom. The molecule has 0 aliphatic heterocycles. The minimum Gasteiger partial charge on any atom is -0.346 e. The van der Waals surface area contributed by atoms with Crippen LogP contribution in [-0.2, 0) is 12.7 Å². The van der Waals surface area contributed by atoms with Crippen molar-refractivity contribution in [3.05, 3.63) is 89.9 Å². The molecule has 0 atom stereocenters. The van der Waals surface area contributed by atoms with Crippen molar-refractivity contribution in [2.45, 2.75) is 19.6 Å². The van der Waals surface area contributed by atoms with Gasteiger partial charge in [0.15, 0.2) is 0 Å². The fraction of sp³-hybridized carbons (Fsp3) is 0.120. The molecule has 0 saturated heterocycles. The highest BCUT2D eigenvalue weighted by Gasteiger charge is 2.33. The van der Waals surface area contributed by atoms with Gasteiger partial charge in [-0.2, -0.15) is 13.2 Å². The van der Waals surface area contributed by atoms with Crippen molar-refractivity contribution in [2.24, 2.45) is 0 Å². The molecule has 6 nitrogen and oxygen atoms in total. The number of aromatic nitrogens is 3. The third-order valence-corrected chi connectivity index (χ3v) is 5.40. The van der Waals surface area contributed by atoms with E-state index < -0.39 is 24.3 Å². The average molecular weight is 465 g/mol. The topological polar surface area (TPSA) is 74.7 Å². The van der Waals surface area contributed by atoms with E-state index in [2.05, 4.69) is 20.6 Å². The normalized spacial score (nSPS) is 13.1. The lowest BCUT2D eigenvalue weighted by Gasteiger charge is -2.15. The highest BCUT2D eigenvalue weighted by Crippen LogP contribution is 2.35. The molecule has 2 amide bonds. The van der Waals surface area contributed by atoms with Gasteiger partial charge >= 0.3 is 12.2 Å². The summed E-state index contributed by atoms with van der Waals surface area (Å²) in [7, 11) is 0. The van der Waals surface area contributed by atoms with Gasteiger partial charge in [-0.25, -0.2) is 9.78 Å². The summed E-state index contributed by atoms with van der Waals surface area (Å²) in [5.74, 6) is 0. The summed E-state index contributed by atoms with van der Waals surface area (Å²) in [5, 5.41) is 6.04. The lowest BCUT2D eigenvalue weighted by molar-refractivity contribution is -0.136. The Bertz CT molecular complexity index is 1610. The highest BCUT2D eigenvalue weighted by molar-refractivity contribution is 6.06. The molecule has 0 bridgehead atoms. The first-order valence-corrected chi connectivity index (χ1v) is 10.3. The zero-order valence-electron chi connectivity index (χ0n) is 19.9. The molecule has 5 aromatic rings. The number of pyridine rings is 1. The van der Waals surface area contributed by atoms with Crippen molar-refractivity contribution in [1.82, 2.24) is 14.5 Å². The van der Waals surface area contributed by atoms with E-state index in [0.717, 1.165) is 6.07 Å². The quantitative estimate of drug-likeness (QED) is 0.282. The number of carbonyl (C=O) groups excluding carboxylic acids is 1. The molecule has 0 aliphatic carbocycles. The Hall–Kier alpha value is -4.27. The number of aryl methyl sites for hydroxylation is 1. The molecule has 0 saturated carbocycles. The molecule has 0 spiro atoms. The molecule has 3 N–H and O–H groups in total. The van der Waals surface area contributed by atoms with Gasteiger partial charge in [-0.3, -0.25) is 0 Å². The zero-order valence-corrected chi connectivity index (χ0v) is 17.9. The first-order chi connectivity index (χ1) is 17.1. The molecule has 0 aliphatic rings. The van der Waals surface area contributed by atoms with Crippen LogP contribution in [0.2, 0.25) is 0 Å². The number of nitrogens with one attached hydrogen (secondary N) is 3. The number of rotatable bonds is 4.